The zero-order valence-electron chi connectivity index (χ0n) is 13.1. The van der Waals surface area contributed by atoms with Crippen molar-refractivity contribution in [3.05, 3.63) is 63.7 Å². The van der Waals surface area contributed by atoms with E-state index in [0.717, 1.165) is 11.8 Å². The Morgan fingerprint density at radius 1 is 1.20 bits per heavy atom. The number of anilines is 1. The van der Waals surface area contributed by atoms with E-state index in [9.17, 15) is 18.5 Å². The number of nitro groups is 1. The van der Waals surface area contributed by atoms with Crippen LogP contribution >= 0.6 is 11.6 Å². The molecule has 1 fully saturated rings. The molecule has 1 unspecified atom stereocenters. The number of nitrogens with zero attached hydrogens (tertiary/aromatic N) is 2. The molecule has 2 aromatic carbocycles. The lowest BCUT2D eigenvalue weighted by atomic mass is 10.2. The van der Waals surface area contributed by atoms with Crippen LogP contribution in [0.15, 0.2) is 53.4 Å². The first-order valence-corrected chi connectivity index (χ1v) is 9.45. The third kappa shape index (κ3) is 3.76. The number of rotatable bonds is 5. The summed E-state index contributed by atoms with van der Waals surface area (Å²) < 4.78 is 26.9. The SMILES string of the molecule is O=[N+]([O-])c1cc(Cl)ccc1S(=O)(=O)N1CCC(Nc2ccccc2)C1. The molecule has 1 aliphatic rings. The maximum Gasteiger partial charge on any atom is 0.290 e. The molecule has 1 heterocycles. The van der Waals surface area contributed by atoms with Crippen molar-refractivity contribution in [1.29, 1.82) is 0 Å². The zero-order chi connectivity index (χ0) is 18.0. The quantitative estimate of drug-likeness (QED) is 0.634. The second-order valence-electron chi connectivity index (χ2n) is 5.73. The molecular weight excluding hydrogens is 366 g/mol. The first kappa shape index (κ1) is 17.7. The van der Waals surface area contributed by atoms with Crippen LogP contribution in [0.2, 0.25) is 5.02 Å². The Balaban J connectivity index is 1.81. The Labute approximate surface area is 150 Å². The predicted molar refractivity (Wildman–Crippen MR) is 95.3 cm³/mol. The molecule has 0 aliphatic carbocycles. The fourth-order valence-corrected chi connectivity index (χ4v) is 4.63. The highest BCUT2D eigenvalue weighted by atomic mass is 35.5. The fraction of sp³-hybridized carbons (Fsp3) is 0.250. The molecule has 0 aromatic heterocycles. The summed E-state index contributed by atoms with van der Waals surface area (Å²) in [5.74, 6) is 0. The van der Waals surface area contributed by atoms with Crippen molar-refractivity contribution in [2.24, 2.45) is 0 Å². The van der Waals surface area contributed by atoms with Crippen LogP contribution in [-0.2, 0) is 10.0 Å². The van der Waals surface area contributed by atoms with Crippen LogP contribution in [0.1, 0.15) is 6.42 Å². The molecule has 25 heavy (non-hydrogen) atoms. The van der Waals surface area contributed by atoms with E-state index in [1.165, 1.54) is 16.4 Å². The van der Waals surface area contributed by atoms with Gasteiger partial charge in [-0.05, 0) is 30.7 Å². The fourth-order valence-electron chi connectivity index (χ4n) is 2.82. The molecule has 0 spiro atoms. The Morgan fingerprint density at radius 2 is 1.92 bits per heavy atom. The zero-order valence-corrected chi connectivity index (χ0v) is 14.7. The summed E-state index contributed by atoms with van der Waals surface area (Å²) in [7, 11) is -3.96. The highest BCUT2D eigenvalue weighted by molar-refractivity contribution is 7.89. The van der Waals surface area contributed by atoms with Crippen LogP contribution in [0.5, 0.6) is 0 Å². The highest BCUT2D eigenvalue weighted by Gasteiger charge is 2.36. The van der Waals surface area contributed by atoms with Crippen LogP contribution in [0.25, 0.3) is 0 Å². The Hall–Kier alpha value is -2.16. The van der Waals surface area contributed by atoms with E-state index in [-0.39, 0.29) is 22.5 Å². The normalized spacial score (nSPS) is 18.2. The van der Waals surface area contributed by atoms with Crippen molar-refractivity contribution < 1.29 is 13.3 Å². The number of sulfonamides is 1. The number of nitro benzene ring substituents is 1. The van der Waals surface area contributed by atoms with Crippen molar-refractivity contribution in [2.75, 3.05) is 18.4 Å². The monoisotopic (exact) mass is 381 g/mol. The summed E-state index contributed by atoms with van der Waals surface area (Å²) in [6.07, 6.45) is 0.621. The van der Waals surface area contributed by atoms with E-state index in [1.54, 1.807) is 0 Å². The summed E-state index contributed by atoms with van der Waals surface area (Å²) in [4.78, 5) is 10.1. The maximum absolute atomic E-state index is 12.8. The van der Waals surface area contributed by atoms with E-state index in [1.807, 2.05) is 30.3 Å². The van der Waals surface area contributed by atoms with Crippen molar-refractivity contribution in [3.8, 4) is 0 Å². The Morgan fingerprint density at radius 3 is 2.60 bits per heavy atom. The number of nitrogens with one attached hydrogen (secondary N) is 1. The molecular formula is C16H16ClN3O4S. The van der Waals surface area contributed by atoms with E-state index >= 15 is 0 Å². The van der Waals surface area contributed by atoms with Crippen molar-refractivity contribution in [2.45, 2.75) is 17.4 Å². The molecule has 2 aromatic rings. The minimum Gasteiger partial charge on any atom is -0.381 e. The average molecular weight is 382 g/mol. The lowest BCUT2D eigenvalue weighted by Crippen LogP contribution is -2.32. The lowest BCUT2D eigenvalue weighted by molar-refractivity contribution is -0.387. The summed E-state index contributed by atoms with van der Waals surface area (Å²) in [5.41, 5.74) is 0.399. The lowest BCUT2D eigenvalue weighted by Gasteiger charge is -2.18. The summed E-state index contributed by atoms with van der Waals surface area (Å²) in [6, 6.07) is 13.0. The van der Waals surface area contributed by atoms with Gasteiger partial charge in [0, 0.05) is 35.9 Å². The molecule has 1 aliphatic heterocycles. The van der Waals surface area contributed by atoms with Crippen LogP contribution in [-0.4, -0.2) is 36.8 Å². The van der Waals surface area contributed by atoms with Gasteiger partial charge in [-0.1, -0.05) is 29.8 Å². The summed E-state index contributed by atoms with van der Waals surface area (Å²) >= 11 is 5.76. The Kier molecular flexibility index (Phi) is 4.94. The molecule has 0 radical (unpaired) electrons. The predicted octanol–water partition coefficient (Wildman–Crippen LogP) is 3.12. The van der Waals surface area contributed by atoms with Gasteiger partial charge in [0.15, 0.2) is 4.90 Å². The minimum atomic E-state index is -3.96. The van der Waals surface area contributed by atoms with Gasteiger partial charge in [0.1, 0.15) is 0 Å². The standard InChI is InChI=1S/C16H16ClN3O4S/c17-12-6-7-16(15(10-12)20(21)22)25(23,24)19-9-8-14(11-19)18-13-4-2-1-3-5-13/h1-7,10,14,18H,8-9,11H2. The van der Waals surface area contributed by atoms with E-state index < -0.39 is 20.6 Å². The van der Waals surface area contributed by atoms with Crippen LogP contribution in [0, 0.1) is 10.1 Å². The number of halogens is 1. The molecule has 0 saturated carbocycles. The van der Waals surface area contributed by atoms with Crippen molar-refractivity contribution >= 4 is 33.0 Å². The second-order valence-corrected chi connectivity index (χ2v) is 8.07. The van der Waals surface area contributed by atoms with Crippen LogP contribution < -0.4 is 5.32 Å². The molecule has 1 atom stereocenters. The highest BCUT2D eigenvalue weighted by Crippen LogP contribution is 2.31. The Bertz CT molecular complexity index is 890. The van der Waals surface area contributed by atoms with Gasteiger partial charge in [-0.15, -0.1) is 0 Å². The van der Waals surface area contributed by atoms with Gasteiger partial charge < -0.3 is 5.32 Å². The van der Waals surface area contributed by atoms with Gasteiger partial charge >= 0.3 is 0 Å². The molecule has 3 rings (SSSR count). The summed E-state index contributed by atoms with van der Waals surface area (Å²) in [6.45, 7) is 0.545. The van der Waals surface area contributed by atoms with Gasteiger partial charge in [0.2, 0.25) is 10.0 Å². The van der Waals surface area contributed by atoms with Gasteiger partial charge in [-0.2, -0.15) is 4.31 Å². The molecule has 7 nitrogen and oxygen atoms in total. The summed E-state index contributed by atoms with van der Waals surface area (Å²) in [5, 5.41) is 14.6. The smallest absolute Gasteiger partial charge is 0.290 e. The largest absolute Gasteiger partial charge is 0.381 e. The van der Waals surface area contributed by atoms with Gasteiger partial charge in [-0.25, -0.2) is 8.42 Å². The van der Waals surface area contributed by atoms with Crippen LogP contribution in [0.4, 0.5) is 11.4 Å². The number of hydrogen-bond acceptors (Lipinski definition) is 5. The van der Waals surface area contributed by atoms with E-state index in [0.29, 0.717) is 13.0 Å². The van der Waals surface area contributed by atoms with Gasteiger partial charge in [0.05, 0.1) is 4.92 Å². The first-order chi connectivity index (χ1) is 11.9. The van der Waals surface area contributed by atoms with E-state index in [2.05, 4.69) is 5.32 Å². The third-order valence-corrected chi connectivity index (χ3v) is 6.18. The molecule has 132 valence electrons. The van der Waals surface area contributed by atoms with Gasteiger partial charge in [-0.3, -0.25) is 10.1 Å². The molecule has 0 amide bonds. The van der Waals surface area contributed by atoms with Crippen molar-refractivity contribution in [3.63, 3.8) is 0 Å². The molecule has 1 N–H and O–H groups in total. The first-order valence-electron chi connectivity index (χ1n) is 7.63. The number of hydrogen-bond donors (Lipinski definition) is 1. The maximum atomic E-state index is 12.8. The minimum absolute atomic E-state index is 0.0523. The number of benzene rings is 2. The topological polar surface area (TPSA) is 92.5 Å². The second kappa shape index (κ2) is 6.99. The average Bonchev–Trinajstić information content (AvgIpc) is 3.04. The van der Waals surface area contributed by atoms with E-state index in [4.69, 9.17) is 11.6 Å². The molecule has 1 saturated heterocycles. The molecule has 9 heteroatoms. The molecule has 0 bridgehead atoms. The van der Waals surface area contributed by atoms with Gasteiger partial charge in [0.25, 0.3) is 5.69 Å². The number of para-hydroxylation sites is 1. The van der Waals surface area contributed by atoms with Crippen LogP contribution in [0.3, 0.4) is 0 Å². The van der Waals surface area contributed by atoms with Crippen molar-refractivity contribution in [1.82, 2.24) is 4.31 Å². The third-order valence-electron chi connectivity index (χ3n) is 4.03.